The topological polar surface area (TPSA) is 55.9 Å². The molecule has 2 unspecified atom stereocenters. The van der Waals surface area contributed by atoms with Crippen LogP contribution in [0.25, 0.3) is 0 Å². The Hall–Kier alpha value is -0.0400. The predicted octanol–water partition coefficient (Wildman–Crippen LogP) is 2.48. The van der Waals surface area contributed by atoms with Gasteiger partial charge < -0.3 is 0 Å². The number of rotatable bonds is 4. The minimum absolute atomic E-state index is 0.185. The molecule has 17 heavy (non-hydrogen) atoms. The number of nitrogens with one attached hydrogen (secondary N) is 1. The van der Waals surface area contributed by atoms with Crippen LogP contribution in [0, 0.1) is 5.92 Å². The Bertz CT molecular complexity index is 374. The zero-order chi connectivity index (χ0) is 12.4. The van der Waals surface area contributed by atoms with E-state index in [0.717, 1.165) is 4.47 Å². The van der Waals surface area contributed by atoms with Crippen LogP contribution < -0.4 is 11.3 Å². The standard InChI is InChI=1S/C11H19BrN4S/c1-7(2)16-11(9(12)5-14-16)10(15-13)8-3-4-17-6-8/h5,7-8,10,15H,3-4,6,13H2,1-2H3. The van der Waals surface area contributed by atoms with Crippen LogP contribution in [0.5, 0.6) is 0 Å². The molecule has 1 aromatic rings. The molecule has 4 nitrogen and oxygen atoms in total. The second-order valence-electron chi connectivity index (χ2n) is 4.68. The molecule has 1 aliphatic rings. The highest BCUT2D eigenvalue weighted by atomic mass is 79.9. The third kappa shape index (κ3) is 2.70. The summed E-state index contributed by atoms with van der Waals surface area (Å²) in [4.78, 5) is 0. The number of hydrogen-bond acceptors (Lipinski definition) is 4. The first-order valence-electron chi connectivity index (χ1n) is 5.92. The summed E-state index contributed by atoms with van der Waals surface area (Å²) in [5, 5.41) is 4.42. The summed E-state index contributed by atoms with van der Waals surface area (Å²) < 4.78 is 3.10. The molecular formula is C11H19BrN4S. The summed E-state index contributed by atoms with van der Waals surface area (Å²) >= 11 is 5.59. The second-order valence-corrected chi connectivity index (χ2v) is 6.69. The molecule has 2 atom stereocenters. The van der Waals surface area contributed by atoms with E-state index < -0.39 is 0 Å². The first-order chi connectivity index (χ1) is 8.15. The minimum atomic E-state index is 0.185. The summed E-state index contributed by atoms with van der Waals surface area (Å²) in [6.07, 6.45) is 3.08. The number of thioether (sulfide) groups is 1. The van der Waals surface area contributed by atoms with Crippen LogP contribution in [0.3, 0.4) is 0 Å². The molecule has 0 amide bonds. The highest BCUT2D eigenvalue weighted by Gasteiger charge is 2.30. The molecule has 1 saturated heterocycles. The van der Waals surface area contributed by atoms with Gasteiger partial charge in [0.2, 0.25) is 0 Å². The average molecular weight is 319 g/mol. The lowest BCUT2D eigenvalue weighted by atomic mass is 9.96. The van der Waals surface area contributed by atoms with Gasteiger partial charge in [0.25, 0.3) is 0 Å². The number of aromatic nitrogens is 2. The predicted molar refractivity (Wildman–Crippen MR) is 75.8 cm³/mol. The van der Waals surface area contributed by atoms with E-state index in [1.165, 1.54) is 23.6 Å². The Morgan fingerprint density at radius 3 is 2.94 bits per heavy atom. The molecule has 0 radical (unpaired) electrons. The summed E-state index contributed by atoms with van der Waals surface area (Å²) in [5.41, 5.74) is 4.15. The van der Waals surface area contributed by atoms with Gasteiger partial charge in [-0.05, 0) is 53.6 Å². The van der Waals surface area contributed by atoms with Crippen LogP contribution in [0.2, 0.25) is 0 Å². The fourth-order valence-corrected chi connectivity index (χ4v) is 4.12. The molecule has 96 valence electrons. The first-order valence-corrected chi connectivity index (χ1v) is 7.86. The fourth-order valence-electron chi connectivity index (χ4n) is 2.31. The maximum absolute atomic E-state index is 5.76. The van der Waals surface area contributed by atoms with E-state index in [1.807, 2.05) is 18.0 Å². The van der Waals surface area contributed by atoms with Crippen LogP contribution in [-0.2, 0) is 0 Å². The Morgan fingerprint density at radius 2 is 2.41 bits per heavy atom. The number of hydrogen-bond donors (Lipinski definition) is 2. The summed E-state index contributed by atoms with van der Waals surface area (Å²) in [6, 6.07) is 0.533. The number of nitrogens with zero attached hydrogens (tertiary/aromatic N) is 2. The average Bonchev–Trinajstić information content (AvgIpc) is 2.91. The SMILES string of the molecule is CC(C)n1ncc(Br)c1C(NN)C1CCSC1. The van der Waals surface area contributed by atoms with Crippen molar-refractivity contribution in [2.24, 2.45) is 11.8 Å². The van der Waals surface area contributed by atoms with Crippen molar-refractivity contribution >= 4 is 27.7 Å². The lowest BCUT2D eigenvalue weighted by Crippen LogP contribution is -2.35. The molecule has 3 N–H and O–H groups in total. The van der Waals surface area contributed by atoms with Crippen molar-refractivity contribution in [1.29, 1.82) is 0 Å². The van der Waals surface area contributed by atoms with E-state index in [-0.39, 0.29) is 6.04 Å². The van der Waals surface area contributed by atoms with Gasteiger partial charge in [0.1, 0.15) is 0 Å². The Morgan fingerprint density at radius 1 is 1.65 bits per heavy atom. The normalized spacial score (nSPS) is 22.3. The minimum Gasteiger partial charge on any atom is -0.271 e. The number of hydrazine groups is 1. The van der Waals surface area contributed by atoms with Crippen molar-refractivity contribution in [1.82, 2.24) is 15.2 Å². The molecule has 0 saturated carbocycles. The van der Waals surface area contributed by atoms with Gasteiger partial charge in [-0.25, -0.2) is 0 Å². The molecule has 1 aromatic heterocycles. The molecule has 0 aliphatic carbocycles. The van der Waals surface area contributed by atoms with Crippen molar-refractivity contribution in [3.05, 3.63) is 16.4 Å². The zero-order valence-electron chi connectivity index (χ0n) is 10.2. The maximum Gasteiger partial charge on any atom is 0.0715 e. The van der Waals surface area contributed by atoms with Crippen LogP contribution >= 0.6 is 27.7 Å². The number of nitrogens with two attached hydrogens (primary N) is 1. The lowest BCUT2D eigenvalue weighted by Gasteiger charge is -2.25. The molecule has 0 spiro atoms. The van der Waals surface area contributed by atoms with E-state index in [1.54, 1.807) is 0 Å². The molecule has 0 aromatic carbocycles. The molecule has 2 heterocycles. The van der Waals surface area contributed by atoms with Gasteiger partial charge in [-0.1, -0.05) is 0 Å². The highest BCUT2D eigenvalue weighted by Crippen LogP contribution is 2.37. The van der Waals surface area contributed by atoms with Gasteiger partial charge in [-0.15, -0.1) is 0 Å². The van der Waals surface area contributed by atoms with E-state index in [9.17, 15) is 0 Å². The van der Waals surface area contributed by atoms with Crippen molar-refractivity contribution in [2.75, 3.05) is 11.5 Å². The third-order valence-corrected chi connectivity index (χ3v) is 4.99. The summed E-state index contributed by atoms with van der Waals surface area (Å²) in [6.45, 7) is 4.28. The van der Waals surface area contributed by atoms with Gasteiger partial charge in [-0.2, -0.15) is 16.9 Å². The Balaban J connectivity index is 2.32. The van der Waals surface area contributed by atoms with Crippen LogP contribution in [0.1, 0.15) is 38.0 Å². The molecule has 6 heteroatoms. The van der Waals surface area contributed by atoms with Crippen molar-refractivity contribution < 1.29 is 0 Å². The van der Waals surface area contributed by atoms with Crippen LogP contribution in [-0.4, -0.2) is 21.3 Å². The maximum atomic E-state index is 5.76. The van der Waals surface area contributed by atoms with Crippen LogP contribution in [0.15, 0.2) is 10.7 Å². The Labute approximate surface area is 115 Å². The zero-order valence-corrected chi connectivity index (χ0v) is 12.6. The van der Waals surface area contributed by atoms with Gasteiger partial charge in [0, 0.05) is 6.04 Å². The molecule has 2 rings (SSSR count). The fraction of sp³-hybridized carbons (Fsp3) is 0.727. The van der Waals surface area contributed by atoms with Crippen molar-refractivity contribution in [3.63, 3.8) is 0 Å². The molecule has 1 aliphatic heterocycles. The first kappa shape index (κ1) is 13.4. The van der Waals surface area contributed by atoms with Gasteiger partial charge in [0.05, 0.1) is 22.4 Å². The summed E-state index contributed by atoms with van der Waals surface area (Å²) in [5.74, 6) is 8.76. The quantitative estimate of drug-likeness (QED) is 0.661. The van der Waals surface area contributed by atoms with Crippen LogP contribution in [0.4, 0.5) is 0 Å². The second kappa shape index (κ2) is 5.73. The van der Waals surface area contributed by atoms with Gasteiger partial charge in [0.15, 0.2) is 0 Å². The highest BCUT2D eigenvalue weighted by molar-refractivity contribution is 9.10. The monoisotopic (exact) mass is 318 g/mol. The number of halogens is 1. The lowest BCUT2D eigenvalue weighted by molar-refractivity contribution is 0.360. The van der Waals surface area contributed by atoms with Gasteiger partial charge >= 0.3 is 0 Å². The molecule has 0 bridgehead atoms. The molecular weight excluding hydrogens is 300 g/mol. The van der Waals surface area contributed by atoms with E-state index in [0.29, 0.717) is 12.0 Å². The van der Waals surface area contributed by atoms with Gasteiger partial charge in [-0.3, -0.25) is 16.0 Å². The van der Waals surface area contributed by atoms with E-state index >= 15 is 0 Å². The summed E-state index contributed by atoms with van der Waals surface area (Å²) in [7, 11) is 0. The van der Waals surface area contributed by atoms with E-state index in [4.69, 9.17) is 5.84 Å². The third-order valence-electron chi connectivity index (χ3n) is 3.19. The molecule has 1 fully saturated rings. The largest absolute Gasteiger partial charge is 0.271 e. The smallest absolute Gasteiger partial charge is 0.0715 e. The Kier molecular flexibility index (Phi) is 4.52. The van der Waals surface area contributed by atoms with Crippen molar-refractivity contribution in [3.8, 4) is 0 Å². The van der Waals surface area contributed by atoms with E-state index in [2.05, 4.69) is 45.0 Å². The van der Waals surface area contributed by atoms with Crippen molar-refractivity contribution in [2.45, 2.75) is 32.4 Å².